The zero-order valence-electron chi connectivity index (χ0n) is 22.1. The monoisotopic (exact) mass is 541 g/mol. The van der Waals surface area contributed by atoms with Crippen molar-refractivity contribution in [3.63, 3.8) is 0 Å². The Morgan fingerprint density at radius 2 is 1.53 bits per heavy atom. The quantitative estimate of drug-likeness (QED) is 0.540. The molecule has 38 heavy (non-hydrogen) atoms. The summed E-state index contributed by atoms with van der Waals surface area (Å²) in [6.45, 7) is 7.92. The molecule has 1 aromatic carbocycles. The van der Waals surface area contributed by atoms with Gasteiger partial charge in [0.05, 0.1) is 31.9 Å². The molecule has 3 aromatic rings. The first-order valence-electron chi connectivity index (χ1n) is 13.5. The van der Waals surface area contributed by atoms with Crippen LogP contribution in [0.15, 0.2) is 55.0 Å². The highest BCUT2D eigenvalue weighted by atomic mass is 35.5. The lowest BCUT2D eigenvalue weighted by atomic mass is 9.71. The normalized spacial score (nSPS) is 19.0. The van der Waals surface area contributed by atoms with E-state index in [-0.39, 0.29) is 18.3 Å². The molecule has 6 rings (SSSR count). The molecule has 8 nitrogen and oxygen atoms in total. The number of para-hydroxylation sites is 1. The lowest BCUT2D eigenvalue weighted by Crippen LogP contribution is -2.48. The van der Waals surface area contributed by atoms with Gasteiger partial charge in [0.1, 0.15) is 6.54 Å². The highest BCUT2D eigenvalue weighted by molar-refractivity contribution is 5.86. The van der Waals surface area contributed by atoms with Crippen LogP contribution in [0.25, 0.3) is 10.9 Å². The van der Waals surface area contributed by atoms with Crippen LogP contribution in [0.1, 0.15) is 31.2 Å². The third-order valence-electron chi connectivity index (χ3n) is 8.17. The van der Waals surface area contributed by atoms with Gasteiger partial charge in [0.25, 0.3) is 0 Å². The maximum atomic E-state index is 13.1. The summed E-state index contributed by atoms with van der Waals surface area (Å²) in [5.74, 6) is 0.216. The van der Waals surface area contributed by atoms with Gasteiger partial charge in [-0.25, -0.2) is 0 Å². The fraction of sp³-hybridized carbons (Fsp3) is 0.517. The fourth-order valence-corrected chi connectivity index (χ4v) is 5.85. The molecule has 0 radical (unpaired) electrons. The van der Waals surface area contributed by atoms with E-state index < -0.39 is 0 Å². The largest absolute Gasteiger partial charge is 0.377 e. The van der Waals surface area contributed by atoms with Crippen LogP contribution in [0.2, 0.25) is 0 Å². The maximum Gasteiger partial charge on any atom is 0.242 e. The number of anilines is 1. The average molecular weight is 542 g/mol. The molecule has 5 heterocycles. The van der Waals surface area contributed by atoms with E-state index in [1.807, 2.05) is 30.7 Å². The lowest BCUT2D eigenvalue weighted by Gasteiger charge is -2.47. The second-order valence-corrected chi connectivity index (χ2v) is 10.3. The minimum atomic E-state index is 0. The molecule has 206 valence electrons. The van der Waals surface area contributed by atoms with Crippen molar-refractivity contribution in [1.82, 2.24) is 14.5 Å². The third kappa shape index (κ3) is 6.67. The van der Waals surface area contributed by atoms with E-state index in [0.29, 0.717) is 18.5 Å². The number of pyridine rings is 1. The van der Waals surface area contributed by atoms with Gasteiger partial charge >= 0.3 is 0 Å². The molecular formula is C29H40ClN5O3. The summed E-state index contributed by atoms with van der Waals surface area (Å²) in [5, 5.41) is 1.15. The first-order chi connectivity index (χ1) is 18.2. The summed E-state index contributed by atoms with van der Waals surface area (Å²) in [6, 6.07) is 12.4. The molecule has 9 heteroatoms. The van der Waals surface area contributed by atoms with Crippen LogP contribution >= 0.6 is 12.4 Å². The zero-order chi connectivity index (χ0) is 25.5. The van der Waals surface area contributed by atoms with Gasteiger partial charge in [-0.2, -0.15) is 0 Å². The Labute approximate surface area is 231 Å². The Morgan fingerprint density at radius 1 is 0.895 bits per heavy atom. The summed E-state index contributed by atoms with van der Waals surface area (Å²) < 4.78 is 12.0. The number of hydrogen-bond acceptors (Lipinski definition) is 6. The number of likely N-dealkylation sites (tertiary alicyclic amines) is 1. The van der Waals surface area contributed by atoms with Crippen molar-refractivity contribution in [2.75, 3.05) is 57.5 Å². The van der Waals surface area contributed by atoms with E-state index in [9.17, 15) is 4.79 Å². The Bertz CT molecular complexity index is 1140. The van der Waals surface area contributed by atoms with Gasteiger partial charge in [-0.1, -0.05) is 18.2 Å². The number of halogens is 1. The number of hydrogen-bond donors (Lipinski definition) is 1. The van der Waals surface area contributed by atoms with Crippen LogP contribution in [0.3, 0.4) is 0 Å². The number of fused-ring (bicyclic) bond motifs is 1. The molecule has 0 saturated carbocycles. The predicted molar refractivity (Wildman–Crippen MR) is 153 cm³/mol. The summed E-state index contributed by atoms with van der Waals surface area (Å²) >= 11 is 0. The number of nitrogens with zero attached hydrogens (tertiary/aromatic N) is 4. The van der Waals surface area contributed by atoms with Gasteiger partial charge in [-0.05, 0) is 60.2 Å². The molecule has 0 unspecified atom stereocenters. The summed E-state index contributed by atoms with van der Waals surface area (Å²) in [5.41, 5.74) is 9.78. The fourth-order valence-electron chi connectivity index (χ4n) is 5.85. The molecule has 0 bridgehead atoms. The number of benzene rings is 1. The van der Waals surface area contributed by atoms with E-state index >= 15 is 0 Å². The van der Waals surface area contributed by atoms with Gasteiger partial charge in [0, 0.05) is 57.0 Å². The Balaban J connectivity index is 0.000000425. The molecule has 3 aliphatic rings. The molecule has 2 N–H and O–H groups in total. The molecule has 3 fully saturated rings. The molecule has 2 aromatic heterocycles. The standard InChI is InChI=1S/C25H31N5O.C4H8O2.ClH/c26-18-21-3-1-2-20-6-13-30(24(20)21)19-23(31)29-16-9-25(10-17-29)7-14-28(15-8-25)22-4-11-27-12-5-22;1-2-6-4-3-5-1;/h1-6,11-13H,7-10,14-19,26H2;1-4H2;1H. The number of ether oxygens (including phenoxy) is 2. The highest BCUT2D eigenvalue weighted by Crippen LogP contribution is 2.42. The van der Waals surface area contributed by atoms with E-state index in [1.54, 1.807) is 0 Å². The topological polar surface area (TPSA) is 85.8 Å². The molecule has 3 aliphatic heterocycles. The van der Waals surface area contributed by atoms with Gasteiger partial charge < -0.3 is 29.6 Å². The van der Waals surface area contributed by atoms with Crippen LogP contribution in [-0.2, 0) is 27.4 Å². The van der Waals surface area contributed by atoms with Crippen LogP contribution in [0.4, 0.5) is 5.69 Å². The summed E-state index contributed by atoms with van der Waals surface area (Å²) in [4.78, 5) is 21.7. The number of rotatable bonds is 4. The van der Waals surface area contributed by atoms with Crippen molar-refractivity contribution >= 4 is 34.9 Å². The van der Waals surface area contributed by atoms with Gasteiger partial charge in [0.2, 0.25) is 5.91 Å². The Kier molecular flexibility index (Phi) is 10.0. The maximum absolute atomic E-state index is 13.1. The smallest absolute Gasteiger partial charge is 0.242 e. The average Bonchev–Trinajstić information content (AvgIpc) is 3.38. The lowest BCUT2D eigenvalue weighted by molar-refractivity contribution is -0.134. The molecular weight excluding hydrogens is 502 g/mol. The van der Waals surface area contributed by atoms with Crippen molar-refractivity contribution in [1.29, 1.82) is 0 Å². The highest BCUT2D eigenvalue weighted by Gasteiger charge is 2.38. The Morgan fingerprint density at radius 3 is 2.13 bits per heavy atom. The number of carbonyl (C=O) groups excluding carboxylic acids is 1. The number of amides is 1. The zero-order valence-corrected chi connectivity index (χ0v) is 22.9. The van der Waals surface area contributed by atoms with Crippen molar-refractivity contribution in [3.05, 3.63) is 60.6 Å². The third-order valence-corrected chi connectivity index (χ3v) is 8.17. The molecule has 1 amide bonds. The van der Waals surface area contributed by atoms with Crippen LogP contribution in [-0.4, -0.2) is 73.0 Å². The summed E-state index contributed by atoms with van der Waals surface area (Å²) in [7, 11) is 0. The van der Waals surface area contributed by atoms with Crippen molar-refractivity contribution in [2.45, 2.75) is 38.8 Å². The minimum absolute atomic E-state index is 0. The first-order valence-corrected chi connectivity index (χ1v) is 13.5. The van der Waals surface area contributed by atoms with Crippen LogP contribution in [0.5, 0.6) is 0 Å². The number of nitrogens with two attached hydrogens (primary N) is 1. The Hall–Kier alpha value is -2.65. The molecule has 1 spiro atoms. The van der Waals surface area contributed by atoms with E-state index in [4.69, 9.17) is 15.2 Å². The van der Waals surface area contributed by atoms with Crippen molar-refractivity contribution < 1.29 is 14.3 Å². The second-order valence-electron chi connectivity index (χ2n) is 10.3. The number of piperidine rings is 2. The minimum Gasteiger partial charge on any atom is -0.377 e. The molecule has 0 atom stereocenters. The van der Waals surface area contributed by atoms with Crippen LogP contribution in [0, 0.1) is 5.41 Å². The number of aromatic nitrogens is 2. The van der Waals surface area contributed by atoms with Crippen molar-refractivity contribution in [3.8, 4) is 0 Å². The van der Waals surface area contributed by atoms with Crippen molar-refractivity contribution in [2.24, 2.45) is 11.1 Å². The predicted octanol–water partition coefficient (Wildman–Crippen LogP) is 3.86. The van der Waals surface area contributed by atoms with E-state index in [1.165, 1.54) is 18.5 Å². The SMILES string of the molecule is C1COCCO1.Cl.NCc1cccc2ccn(CC(=O)N3CCC4(CC3)CCN(c3ccncc3)CC4)c12. The second kappa shape index (κ2) is 13.4. The van der Waals surface area contributed by atoms with Gasteiger partial charge in [-0.15, -0.1) is 12.4 Å². The molecule has 3 saturated heterocycles. The van der Waals surface area contributed by atoms with Crippen LogP contribution < -0.4 is 10.6 Å². The van der Waals surface area contributed by atoms with Gasteiger partial charge in [-0.3, -0.25) is 9.78 Å². The van der Waals surface area contributed by atoms with Gasteiger partial charge in [0.15, 0.2) is 0 Å². The summed E-state index contributed by atoms with van der Waals surface area (Å²) in [6.07, 6.45) is 10.4. The first kappa shape index (κ1) is 28.4. The number of carbonyl (C=O) groups is 1. The van der Waals surface area contributed by atoms with E-state index in [0.717, 1.165) is 81.9 Å². The molecule has 0 aliphatic carbocycles. The van der Waals surface area contributed by atoms with E-state index in [2.05, 4.69) is 43.6 Å².